The van der Waals surface area contributed by atoms with Crippen molar-refractivity contribution >= 4 is 15.9 Å². The number of benzene rings is 2. The maximum absolute atomic E-state index is 12.3. The molecule has 0 saturated heterocycles. The molecular weight excluding hydrogens is 344 g/mol. The van der Waals surface area contributed by atoms with Crippen LogP contribution in [0.4, 0.5) is 0 Å². The van der Waals surface area contributed by atoms with E-state index in [1.807, 2.05) is 12.1 Å². The number of hydrogen-bond acceptors (Lipinski definition) is 5. The van der Waals surface area contributed by atoms with Gasteiger partial charge >= 0.3 is 0 Å². The van der Waals surface area contributed by atoms with E-state index in [1.165, 1.54) is 32.4 Å². The first kappa shape index (κ1) is 18.9. The average molecular weight is 364 g/mol. The molecular formula is C17H20N2O5S. The number of ether oxygens (including phenoxy) is 1. The fourth-order valence-corrected chi connectivity index (χ4v) is 3.09. The Morgan fingerprint density at radius 1 is 1.12 bits per heavy atom. The zero-order chi connectivity index (χ0) is 18.4. The molecule has 7 nitrogen and oxygen atoms in total. The van der Waals surface area contributed by atoms with Gasteiger partial charge in [0.25, 0.3) is 15.9 Å². The van der Waals surface area contributed by atoms with E-state index in [2.05, 4.69) is 5.32 Å². The number of methoxy groups -OCH3 is 1. The topological polar surface area (TPSA) is 84.9 Å². The van der Waals surface area contributed by atoms with E-state index < -0.39 is 10.0 Å². The first-order chi connectivity index (χ1) is 11.9. The molecule has 1 amide bonds. The molecule has 0 spiro atoms. The van der Waals surface area contributed by atoms with Crippen molar-refractivity contribution in [3.05, 3.63) is 59.7 Å². The number of nitrogens with one attached hydrogen (secondary N) is 1. The molecule has 2 aromatic rings. The van der Waals surface area contributed by atoms with Gasteiger partial charge in [-0.2, -0.15) is 0 Å². The number of amides is 1. The summed E-state index contributed by atoms with van der Waals surface area (Å²) in [5.41, 5.74) is 1.15. The monoisotopic (exact) mass is 364 g/mol. The van der Waals surface area contributed by atoms with Crippen molar-refractivity contribution in [3.63, 3.8) is 0 Å². The van der Waals surface area contributed by atoms with Crippen LogP contribution in [0, 0.1) is 0 Å². The Hall–Kier alpha value is -2.42. The van der Waals surface area contributed by atoms with E-state index >= 15 is 0 Å². The SMILES string of the molecule is COc1ccc(CNC(=O)c2cccc(S(=O)(=O)N(C)OC)c2)cc1. The second-order valence-electron chi connectivity index (χ2n) is 5.16. The largest absolute Gasteiger partial charge is 0.497 e. The minimum Gasteiger partial charge on any atom is -0.497 e. The molecule has 0 fully saturated rings. The predicted molar refractivity (Wildman–Crippen MR) is 92.6 cm³/mol. The summed E-state index contributed by atoms with van der Waals surface area (Å²) in [4.78, 5) is 17.0. The zero-order valence-electron chi connectivity index (χ0n) is 14.2. The Kier molecular flexibility index (Phi) is 6.13. The minimum absolute atomic E-state index is 0.0195. The molecule has 0 bridgehead atoms. The second kappa shape index (κ2) is 8.11. The van der Waals surface area contributed by atoms with Gasteiger partial charge in [0.05, 0.1) is 19.1 Å². The van der Waals surface area contributed by atoms with Gasteiger partial charge in [-0.15, -0.1) is 0 Å². The highest BCUT2D eigenvalue weighted by molar-refractivity contribution is 7.89. The van der Waals surface area contributed by atoms with Gasteiger partial charge < -0.3 is 10.1 Å². The van der Waals surface area contributed by atoms with Crippen molar-refractivity contribution in [2.75, 3.05) is 21.3 Å². The first-order valence-electron chi connectivity index (χ1n) is 7.42. The quantitative estimate of drug-likeness (QED) is 0.758. The number of hydrogen-bond donors (Lipinski definition) is 1. The maximum atomic E-state index is 12.3. The lowest BCUT2D eigenvalue weighted by Gasteiger charge is -2.14. The lowest BCUT2D eigenvalue weighted by molar-refractivity contribution is -0.0258. The van der Waals surface area contributed by atoms with Gasteiger partial charge in [-0.1, -0.05) is 22.7 Å². The van der Waals surface area contributed by atoms with Crippen LogP contribution in [0.15, 0.2) is 53.4 Å². The number of carbonyl (C=O) groups excluding carboxylic acids is 1. The molecule has 0 unspecified atom stereocenters. The Labute approximate surface area is 147 Å². The number of sulfonamides is 1. The summed E-state index contributed by atoms with van der Waals surface area (Å²) in [5.74, 6) is 0.364. The lowest BCUT2D eigenvalue weighted by atomic mass is 10.2. The summed E-state index contributed by atoms with van der Waals surface area (Å²) in [6.45, 7) is 0.317. The normalized spacial score (nSPS) is 11.4. The standard InChI is InChI=1S/C17H20N2O5S/c1-19(24-3)25(21,22)16-6-4-5-14(11-16)17(20)18-12-13-7-9-15(23-2)10-8-13/h4-11H,12H2,1-3H3,(H,18,20). The van der Waals surface area contributed by atoms with Gasteiger partial charge in [0.15, 0.2) is 0 Å². The highest BCUT2D eigenvalue weighted by Crippen LogP contribution is 2.16. The van der Waals surface area contributed by atoms with Gasteiger partial charge in [-0.05, 0) is 35.9 Å². The van der Waals surface area contributed by atoms with Crippen LogP contribution in [0.1, 0.15) is 15.9 Å². The Bertz CT molecular complexity index is 834. The van der Waals surface area contributed by atoms with E-state index in [9.17, 15) is 13.2 Å². The van der Waals surface area contributed by atoms with Crippen LogP contribution >= 0.6 is 0 Å². The van der Waals surface area contributed by atoms with Crippen LogP contribution in [-0.2, 0) is 21.4 Å². The summed E-state index contributed by atoms with van der Waals surface area (Å²) >= 11 is 0. The van der Waals surface area contributed by atoms with Crippen LogP contribution in [-0.4, -0.2) is 40.1 Å². The molecule has 2 aromatic carbocycles. The Morgan fingerprint density at radius 3 is 2.40 bits per heavy atom. The Morgan fingerprint density at radius 2 is 1.80 bits per heavy atom. The average Bonchev–Trinajstić information content (AvgIpc) is 2.65. The third kappa shape index (κ3) is 4.56. The molecule has 2 rings (SSSR count). The Balaban J connectivity index is 2.10. The fourth-order valence-electron chi connectivity index (χ4n) is 2.07. The number of rotatable bonds is 7. The van der Waals surface area contributed by atoms with Gasteiger partial charge in [0, 0.05) is 19.2 Å². The molecule has 1 N–H and O–H groups in total. The molecule has 0 aliphatic heterocycles. The summed E-state index contributed by atoms with van der Waals surface area (Å²) < 4.78 is 30.3. The molecule has 0 heterocycles. The van der Waals surface area contributed by atoms with Crippen LogP contribution in [0.5, 0.6) is 5.75 Å². The lowest BCUT2D eigenvalue weighted by Crippen LogP contribution is -2.27. The molecule has 0 aliphatic rings. The summed E-state index contributed by atoms with van der Waals surface area (Å²) in [6.07, 6.45) is 0. The van der Waals surface area contributed by atoms with Crippen LogP contribution in [0.25, 0.3) is 0 Å². The molecule has 0 aromatic heterocycles. The van der Waals surface area contributed by atoms with Crippen molar-refractivity contribution in [2.45, 2.75) is 11.4 Å². The highest BCUT2D eigenvalue weighted by atomic mass is 32.2. The molecule has 0 radical (unpaired) electrons. The van der Waals surface area contributed by atoms with E-state index in [-0.39, 0.29) is 16.4 Å². The minimum atomic E-state index is -3.80. The highest BCUT2D eigenvalue weighted by Gasteiger charge is 2.21. The molecule has 0 atom stereocenters. The second-order valence-corrected chi connectivity index (χ2v) is 7.09. The summed E-state index contributed by atoms with van der Waals surface area (Å²) in [6, 6.07) is 13.1. The van der Waals surface area contributed by atoms with E-state index in [1.54, 1.807) is 25.3 Å². The van der Waals surface area contributed by atoms with Crippen LogP contribution in [0.3, 0.4) is 0 Å². The fraction of sp³-hybridized carbons (Fsp3) is 0.235. The first-order valence-corrected chi connectivity index (χ1v) is 8.86. The van der Waals surface area contributed by atoms with Crippen molar-refractivity contribution in [3.8, 4) is 5.75 Å². The van der Waals surface area contributed by atoms with Crippen molar-refractivity contribution in [1.82, 2.24) is 9.79 Å². The smallest absolute Gasteiger partial charge is 0.264 e. The molecule has 0 saturated carbocycles. The predicted octanol–water partition coefficient (Wildman–Crippen LogP) is 1.81. The third-order valence-corrected chi connectivity index (χ3v) is 5.28. The summed E-state index contributed by atoms with van der Waals surface area (Å²) in [7, 11) is 0.316. The van der Waals surface area contributed by atoms with E-state index in [0.717, 1.165) is 15.8 Å². The van der Waals surface area contributed by atoms with Crippen LogP contribution in [0.2, 0.25) is 0 Å². The van der Waals surface area contributed by atoms with Crippen molar-refractivity contribution < 1.29 is 22.8 Å². The number of nitrogens with zero attached hydrogens (tertiary/aromatic N) is 1. The van der Waals surface area contributed by atoms with E-state index in [0.29, 0.717) is 6.54 Å². The number of carbonyl (C=O) groups is 1. The van der Waals surface area contributed by atoms with Crippen molar-refractivity contribution in [1.29, 1.82) is 0 Å². The van der Waals surface area contributed by atoms with Gasteiger partial charge in [0.2, 0.25) is 0 Å². The molecule has 8 heteroatoms. The molecule has 134 valence electrons. The molecule has 0 aliphatic carbocycles. The number of hydroxylamine groups is 1. The third-order valence-electron chi connectivity index (χ3n) is 3.60. The van der Waals surface area contributed by atoms with Gasteiger partial charge in [-0.3, -0.25) is 9.63 Å². The van der Waals surface area contributed by atoms with Gasteiger partial charge in [0.1, 0.15) is 5.75 Å². The zero-order valence-corrected chi connectivity index (χ0v) is 15.0. The van der Waals surface area contributed by atoms with Gasteiger partial charge in [-0.25, -0.2) is 8.42 Å². The molecule has 25 heavy (non-hydrogen) atoms. The van der Waals surface area contributed by atoms with E-state index in [4.69, 9.17) is 9.57 Å². The van der Waals surface area contributed by atoms with Crippen LogP contribution < -0.4 is 10.1 Å². The summed E-state index contributed by atoms with van der Waals surface area (Å²) in [5, 5.41) is 2.76. The maximum Gasteiger partial charge on any atom is 0.264 e. The van der Waals surface area contributed by atoms with Crippen molar-refractivity contribution in [2.24, 2.45) is 0 Å².